The maximum atomic E-state index is 11.5. The fourth-order valence-corrected chi connectivity index (χ4v) is 2.58. The van der Waals surface area contributed by atoms with E-state index >= 15 is 0 Å². The summed E-state index contributed by atoms with van der Waals surface area (Å²) in [7, 11) is 0. The number of ether oxygens (including phenoxy) is 1. The third-order valence-corrected chi connectivity index (χ3v) is 3.59. The number of esters is 1. The molecule has 1 N–H and O–H groups in total. The van der Waals surface area contributed by atoms with Crippen molar-refractivity contribution in [2.45, 2.75) is 46.1 Å². The van der Waals surface area contributed by atoms with Gasteiger partial charge in [-0.05, 0) is 30.6 Å². The van der Waals surface area contributed by atoms with Crippen molar-refractivity contribution in [2.24, 2.45) is 17.8 Å². The van der Waals surface area contributed by atoms with Gasteiger partial charge in [-0.2, -0.15) is 0 Å². The highest BCUT2D eigenvalue weighted by Gasteiger charge is 2.32. The lowest BCUT2D eigenvalue weighted by atomic mass is 9.75. The van der Waals surface area contributed by atoms with Crippen LogP contribution in [0.5, 0.6) is 0 Å². The second kappa shape index (κ2) is 6.57. The van der Waals surface area contributed by atoms with E-state index in [4.69, 9.17) is 9.84 Å². The summed E-state index contributed by atoms with van der Waals surface area (Å²) in [5, 5.41) is 8.46. The molecule has 1 saturated carbocycles. The standard InChI is InChI=1S/C14H22O4/c1-9(2)11-5-4-10(3)8-12(11)18-14(17)7-6-13(15)16/h6-7,9-12H,4-5,8H2,1-3H3,(H,15,16)/b7-6+/t10-,11+,12-/m1/s1. The van der Waals surface area contributed by atoms with Gasteiger partial charge in [0.15, 0.2) is 0 Å². The summed E-state index contributed by atoms with van der Waals surface area (Å²) in [6.45, 7) is 6.42. The van der Waals surface area contributed by atoms with Crippen LogP contribution in [0.1, 0.15) is 40.0 Å². The average molecular weight is 254 g/mol. The van der Waals surface area contributed by atoms with Crippen molar-refractivity contribution in [3.8, 4) is 0 Å². The first-order chi connectivity index (χ1) is 8.40. The predicted molar refractivity (Wildman–Crippen MR) is 68.0 cm³/mol. The minimum absolute atomic E-state index is 0.0836. The Kier molecular flexibility index (Phi) is 5.38. The van der Waals surface area contributed by atoms with Gasteiger partial charge in [0.25, 0.3) is 0 Å². The molecule has 3 atom stereocenters. The third-order valence-electron chi connectivity index (χ3n) is 3.59. The zero-order valence-electron chi connectivity index (χ0n) is 11.3. The van der Waals surface area contributed by atoms with E-state index in [1.54, 1.807) is 0 Å². The molecule has 4 nitrogen and oxygen atoms in total. The molecule has 0 heterocycles. The first-order valence-corrected chi connectivity index (χ1v) is 6.51. The molecule has 1 aliphatic carbocycles. The van der Waals surface area contributed by atoms with Gasteiger partial charge < -0.3 is 9.84 Å². The summed E-state index contributed by atoms with van der Waals surface area (Å²) >= 11 is 0. The summed E-state index contributed by atoms with van der Waals surface area (Å²) in [6, 6.07) is 0. The molecule has 0 radical (unpaired) electrons. The third kappa shape index (κ3) is 4.51. The summed E-state index contributed by atoms with van der Waals surface area (Å²) < 4.78 is 5.40. The highest BCUT2D eigenvalue weighted by atomic mass is 16.5. The number of hydrogen-bond acceptors (Lipinski definition) is 3. The van der Waals surface area contributed by atoms with Crippen molar-refractivity contribution in [1.82, 2.24) is 0 Å². The number of carboxylic acids is 1. The van der Waals surface area contributed by atoms with E-state index in [1.165, 1.54) is 6.42 Å². The highest BCUT2D eigenvalue weighted by molar-refractivity contribution is 5.90. The van der Waals surface area contributed by atoms with E-state index in [9.17, 15) is 9.59 Å². The van der Waals surface area contributed by atoms with Crippen LogP contribution in [0, 0.1) is 17.8 Å². The zero-order chi connectivity index (χ0) is 13.7. The molecule has 4 heteroatoms. The summed E-state index contributed by atoms with van der Waals surface area (Å²) in [4.78, 5) is 21.8. The van der Waals surface area contributed by atoms with Gasteiger partial charge in [0, 0.05) is 12.2 Å². The quantitative estimate of drug-likeness (QED) is 0.618. The van der Waals surface area contributed by atoms with Crippen LogP contribution < -0.4 is 0 Å². The van der Waals surface area contributed by atoms with E-state index in [0.717, 1.165) is 25.0 Å². The second-order valence-electron chi connectivity index (χ2n) is 5.47. The molecule has 1 rings (SSSR count). The molecule has 1 fully saturated rings. The lowest BCUT2D eigenvalue weighted by Crippen LogP contribution is -2.35. The van der Waals surface area contributed by atoms with Crippen LogP contribution in [0.4, 0.5) is 0 Å². The Morgan fingerprint density at radius 2 is 1.94 bits per heavy atom. The van der Waals surface area contributed by atoms with Crippen LogP contribution in [0.25, 0.3) is 0 Å². The molecular formula is C14H22O4. The Bertz CT molecular complexity index is 333. The average Bonchev–Trinajstić information content (AvgIpc) is 2.26. The van der Waals surface area contributed by atoms with Gasteiger partial charge in [-0.15, -0.1) is 0 Å². The number of rotatable bonds is 4. The second-order valence-corrected chi connectivity index (χ2v) is 5.47. The van der Waals surface area contributed by atoms with Gasteiger partial charge in [0.05, 0.1) is 0 Å². The van der Waals surface area contributed by atoms with Crippen molar-refractivity contribution >= 4 is 11.9 Å². The van der Waals surface area contributed by atoms with Gasteiger partial charge in [-0.3, -0.25) is 0 Å². The van der Waals surface area contributed by atoms with Crippen LogP contribution in [0.15, 0.2) is 12.2 Å². The molecule has 102 valence electrons. The van der Waals surface area contributed by atoms with Crippen molar-refractivity contribution in [3.05, 3.63) is 12.2 Å². The fraction of sp³-hybridized carbons (Fsp3) is 0.714. The van der Waals surface area contributed by atoms with Gasteiger partial charge in [0.2, 0.25) is 0 Å². The summed E-state index contributed by atoms with van der Waals surface area (Å²) in [5.41, 5.74) is 0. The SMILES string of the molecule is CC(C)[C@@H]1CC[C@@H](C)C[C@H]1OC(=O)/C=C/C(=O)O. The Hall–Kier alpha value is -1.32. The number of carbonyl (C=O) groups excluding carboxylic acids is 1. The number of hydrogen-bond donors (Lipinski definition) is 1. The molecule has 0 aromatic rings. The maximum Gasteiger partial charge on any atom is 0.331 e. The molecule has 0 aliphatic heterocycles. The van der Waals surface area contributed by atoms with Gasteiger partial charge in [-0.1, -0.05) is 27.2 Å². The lowest BCUT2D eigenvalue weighted by molar-refractivity contribution is -0.150. The van der Waals surface area contributed by atoms with Crippen LogP contribution >= 0.6 is 0 Å². The molecule has 0 saturated heterocycles. The normalized spacial score (nSPS) is 28.6. The molecule has 18 heavy (non-hydrogen) atoms. The Morgan fingerprint density at radius 1 is 1.28 bits per heavy atom. The molecule has 1 aliphatic rings. The van der Waals surface area contributed by atoms with Crippen molar-refractivity contribution in [1.29, 1.82) is 0 Å². The number of carboxylic acid groups (broad SMARTS) is 1. The van der Waals surface area contributed by atoms with Crippen molar-refractivity contribution < 1.29 is 19.4 Å². The monoisotopic (exact) mass is 254 g/mol. The van der Waals surface area contributed by atoms with Crippen molar-refractivity contribution in [2.75, 3.05) is 0 Å². The first-order valence-electron chi connectivity index (χ1n) is 6.51. The lowest BCUT2D eigenvalue weighted by Gasteiger charge is -2.36. The molecule has 0 aromatic heterocycles. The summed E-state index contributed by atoms with van der Waals surface area (Å²) in [5.74, 6) is -0.282. The Balaban J connectivity index is 2.60. The number of aliphatic carboxylic acids is 1. The Morgan fingerprint density at radius 3 is 2.50 bits per heavy atom. The van der Waals surface area contributed by atoms with Gasteiger partial charge >= 0.3 is 11.9 Å². The molecular weight excluding hydrogens is 232 g/mol. The van der Waals surface area contributed by atoms with Crippen molar-refractivity contribution in [3.63, 3.8) is 0 Å². The molecule has 0 unspecified atom stereocenters. The predicted octanol–water partition coefficient (Wildman–Crippen LogP) is 2.63. The topological polar surface area (TPSA) is 63.6 Å². The van der Waals surface area contributed by atoms with Gasteiger partial charge in [0.1, 0.15) is 6.10 Å². The smallest absolute Gasteiger partial charge is 0.331 e. The number of carbonyl (C=O) groups is 2. The maximum absolute atomic E-state index is 11.5. The summed E-state index contributed by atoms with van der Waals surface area (Å²) in [6.07, 6.45) is 4.83. The minimum atomic E-state index is -1.13. The van der Waals surface area contributed by atoms with Crippen LogP contribution in [-0.2, 0) is 14.3 Å². The van der Waals surface area contributed by atoms with Crippen LogP contribution in [0.3, 0.4) is 0 Å². The van der Waals surface area contributed by atoms with E-state index < -0.39 is 11.9 Å². The molecule has 0 spiro atoms. The van der Waals surface area contributed by atoms with E-state index in [0.29, 0.717) is 17.8 Å². The van der Waals surface area contributed by atoms with Gasteiger partial charge in [-0.25, -0.2) is 9.59 Å². The first kappa shape index (κ1) is 14.7. The molecule has 0 aromatic carbocycles. The fourth-order valence-electron chi connectivity index (χ4n) is 2.58. The molecule has 0 amide bonds. The zero-order valence-corrected chi connectivity index (χ0v) is 11.3. The van der Waals surface area contributed by atoms with Crippen LogP contribution in [-0.4, -0.2) is 23.1 Å². The largest absolute Gasteiger partial charge is 0.478 e. The Labute approximate surface area is 108 Å². The van der Waals surface area contributed by atoms with E-state index in [1.807, 2.05) is 0 Å². The highest BCUT2D eigenvalue weighted by Crippen LogP contribution is 2.35. The van der Waals surface area contributed by atoms with E-state index in [2.05, 4.69) is 20.8 Å². The van der Waals surface area contributed by atoms with Crippen LogP contribution in [0.2, 0.25) is 0 Å². The minimum Gasteiger partial charge on any atom is -0.478 e. The van der Waals surface area contributed by atoms with E-state index in [-0.39, 0.29) is 6.10 Å². The molecule has 0 bridgehead atoms.